The van der Waals surface area contributed by atoms with Crippen LogP contribution in [-0.2, 0) is 11.3 Å². The maximum Gasteiger partial charge on any atom is 0.227 e. The summed E-state index contributed by atoms with van der Waals surface area (Å²) in [7, 11) is 0. The first-order valence-electron chi connectivity index (χ1n) is 7.87. The molecule has 1 aromatic heterocycles. The number of halogens is 1. The number of nitrogens with one attached hydrogen (secondary N) is 2. The zero-order valence-corrected chi connectivity index (χ0v) is 14.6. The summed E-state index contributed by atoms with van der Waals surface area (Å²) in [6.07, 6.45) is 6.15. The quantitative estimate of drug-likeness (QED) is 0.811. The van der Waals surface area contributed by atoms with Gasteiger partial charge in [0.1, 0.15) is 0 Å². The molecule has 0 spiro atoms. The predicted octanol–water partition coefficient (Wildman–Crippen LogP) is 4.85. The molecule has 1 amide bonds. The van der Waals surface area contributed by atoms with Gasteiger partial charge in [-0.25, -0.2) is 4.98 Å². The van der Waals surface area contributed by atoms with Crippen LogP contribution < -0.4 is 10.6 Å². The van der Waals surface area contributed by atoms with Crippen molar-refractivity contribution in [1.82, 2.24) is 4.98 Å². The van der Waals surface area contributed by atoms with E-state index in [0.717, 1.165) is 34.7 Å². The van der Waals surface area contributed by atoms with Gasteiger partial charge in [0, 0.05) is 28.4 Å². The maximum atomic E-state index is 12.2. The van der Waals surface area contributed by atoms with E-state index in [-0.39, 0.29) is 11.8 Å². The van der Waals surface area contributed by atoms with E-state index in [4.69, 9.17) is 11.6 Å². The van der Waals surface area contributed by atoms with Crippen molar-refractivity contribution < 1.29 is 4.79 Å². The molecule has 1 aliphatic rings. The van der Waals surface area contributed by atoms with Crippen molar-refractivity contribution >= 4 is 40.2 Å². The highest BCUT2D eigenvalue weighted by Crippen LogP contribution is 2.27. The second-order valence-corrected chi connectivity index (χ2v) is 7.63. The average Bonchev–Trinajstić information content (AvgIpc) is 3.19. The van der Waals surface area contributed by atoms with Crippen LogP contribution in [-0.4, -0.2) is 10.9 Å². The molecule has 122 valence electrons. The van der Waals surface area contributed by atoms with Crippen LogP contribution in [0.3, 0.4) is 0 Å². The molecular weight excluding hydrogens is 330 g/mol. The third-order valence-electron chi connectivity index (χ3n) is 4.20. The molecule has 2 N–H and O–H groups in total. The molecule has 0 bridgehead atoms. The summed E-state index contributed by atoms with van der Waals surface area (Å²) < 4.78 is 0.558. The number of carbonyl (C=O) groups is 1. The smallest absolute Gasteiger partial charge is 0.227 e. The number of anilines is 2. The highest BCUT2D eigenvalue weighted by molar-refractivity contribution is 7.15. The molecule has 4 nitrogen and oxygen atoms in total. The average molecular weight is 350 g/mol. The molecule has 2 aromatic rings. The highest BCUT2D eigenvalue weighted by Gasteiger charge is 2.22. The number of hydrogen-bond donors (Lipinski definition) is 2. The van der Waals surface area contributed by atoms with Gasteiger partial charge >= 0.3 is 0 Å². The zero-order chi connectivity index (χ0) is 16.2. The van der Waals surface area contributed by atoms with Gasteiger partial charge in [0.15, 0.2) is 4.47 Å². The first-order valence-corrected chi connectivity index (χ1v) is 9.07. The number of hydrogen-bond acceptors (Lipinski definition) is 4. The SMILES string of the molecule is Cc1cc(NCc2cnc(Cl)s2)ccc1NC(=O)C1CCCC1. The Labute approximate surface area is 145 Å². The van der Waals surface area contributed by atoms with Gasteiger partial charge in [0.2, 0.25) is 5.91 Å². The van der Waals surface area contributed by atoms with Crippen LogP contribution >= 0.6 is 22.9 Å². The first-order chi connectivity index (χ1) is 11.1. The molecule has 0 aliphatic heterocycles. The number of thiazole rings is 1. The van der Waals surface area contributed by atoms with E-state index < -0.39 is 0 Å². The molecule has 1 aromatic carbocycles. The summed E-state index contributed by atoms with van der Waals surface area (Å²) in [6.45, 7) is 2.70. The Hall–Kier alpha value is -1.59. The van der Waals surface area contributed by atoms with Crippen molar-refractivity contribution in [2.45, 2.75) is 39.2 Å². The topological polar surface area (TPSA) is 54.0 Å². The fourth-order valence-corrected chi connectivity index (χ4v) is 3.81. The molecule has 0 atom stereocenters. The minimum Gasteiger partial charge on any atom is -0.380 e. The number of amides is 1. The molecule has 1 aliphatic carbocycles. The number of rotatable bonds is 5. The molecule has 1 saturated carbocycles. The lowest BCUT2D eigenvalue weighted by Crippen LogP contribution is -2.20. The summed E-state index contributed by atoms with van der Waals surface area (Å²) in [5.41, 5.74) is 2.97. The standard InChI is InChI=1S/C17H20ClN3OS/c1-11-8-13(19-9-14-10-20-17(18)23-14)6-7-15(11)21-16(22)12-4-2-3-5-12/h6-8,10,12,19H,2-5,9H2,1H3,(H,21,22). The van der Waals surface area contributed by atoms with Crippen LogP contribution in [0.25, 0.3) is 0 Å². The molecule has 23 heavy (non-hydrogen) atoms. The Morgan fingerprint density at radius 1 is 1.39 bits per heavy atom. The molecule has 6 heteroatoms. The van der Waals surface area contributed by atoms with Gasteiger partial charge in [0.05, 0.1) is 6.54 Å². The van der Waals surface area contributed by atoms with Crippen molar-refractivity contribution in [3.63, 3.8) is 0 Å². The fourth-order valence-electron chi connectivity index (χ4n) is 2.89. The molecule has 0 saturated heterocycles. The van der Waals surface area contributed by atoms with Gasteiger partial charge in [-0.05, 0) is 43.5 Å². The Morgan fingerprint density at radius 3 is 2.83 bits per heavy atom. The van der Waals surface area contributed by atoms with Crippen LogP contribution in [0.1, 0.15) is 36.1 Å². The van der Waals surface area contributed by atoms with Gasteiger partial charge in [-0.1, -0.05) is 24.4 Å². The van der Waals surface area contributed by atoms with Crippen molar-refractivity contribution in [2.24, 2.45) is 5.92 Å². The van der Waals surface area contributed by atoms with Crippen LogP contribution in [0, 0.1) is 12.8 Å². The molecular formula is C17H20ClN3OS. The van der Waals surface area contributed by atoms with E-state index in [1.54, 1.807) is 6.20 Å². The van der Waals surface area contributed by atoms with Crippen molar-refractivity contribution in [3.8, 4) is 0 Å². The first kappa shape index (κ1) is 16.3. The second kappa shape index (κ2) is 7.32. The summed E-state index contributed by atoms with van der Waals surface area (Å²) >= 11 is 7.30. The van der Waals surface area contributed by atoms with Gasteiger partial charge < -0.3 is 10.6 Å². The number of benzene rings is 1. The highest BCUT2D eigenvalue weighted by atomic mass is 35.5. The van der Waals surface area contributed by atoms with Crippen molar-refractivity contribution in [3.05, 3.63) is 39.3 Å². The summed E-state index contributed by atoms with van der Waals surface area (Å²) in [4.78, 5) is 17.3. The lowest BCUT2D eigenvalue weighted by atomic mass is 10.1. The van der Waals surface area contributed by atoms with Crippen LogP contribution in [0.2, 0.25) is 4.47 Å². The third-order valence-corrected chi connectivity index (χ3v) is 5.32. The largest absolute Gasteiger partial charge is 0.380 e. The van der Waals surface area contributed by atoms with Crippen molar-refractivity contribution in [2.75, 3.05) is 10.6 Å². The molecule has 0 radical (unpaired) electrons. The van der Waals surface area contributed by atoms with Gasteiger partial charge in [-0.15, -0.1) is 11.3 Å². The lowest BCUT2D eigenvalue weighted by Gasteiger charge is -2.14. The summed E-state index contributed by atoms with van der Waals surface area (Å²) in [5.74, 6) is 0.342. The Kier molecular flexibility index (Phi) is 5.18. The predicted molar refractivity (Wildman–Crippen MR) is 96.2 cm³/mol. The van der Waals surface area contributed by atoms with Gasteiger partial charge in [0.25, 0.3) is 0 Å². The van der Waals surface area contributed by atoms with E-state index in [2.05, 4.69) is 15.6 Å². The monoisotopic (exact) mass is 349 g/mol. The molecule has 3 rings (SSSR count). The molecule has 1 fully saturated rings. The maximum absolute atomic E-state index is 12.2. The Bertz CT molecular complexity index is 695. The van der Waals surface area contributed by atoms with E-state index in [9.17, 15) is 4.79 Å². The van der Waals surface area contributed by atoms with Gasteiger partial charge in [-0.3, -0.25) is 4.79 Å². The number of aryl methyl sites for hydroxylation is 1. The third kappa shape index (κ3) is 4.24. The fraction of sp³-hybridized carbons (Fsp3) is 0.412. The van der Waals surface area contributed by atoms with E-state index in [0.29, 0.717) is 11.0 Å². The summed E-state index contributed by atoms with van der Waals surface area (Å²) in [5, 5.41) is 6.41. The van der Waals surface area contributed by atoms with E-state index in [1.165, 1.54) is 24.2 Å². The zero-order valence-electron chi connectivity index (χ0n) is 13.1. The molecule has 1 heterocycles. The number of carbonyl (C=O) groups excluding carboxylic acids is 1. The van der Waals surface area contributed by atoms with Crippen LogP contribution in [0.4, 0.5) is 11.4 Å². The minimum atomic E-state index is 0.158. The number of aromatic nitrogens is 1. The van der Waals surface area contributed by atoms with E-state index >= 15 is 0 Å². The summed E-state index contributed by atoms with van der Waals surface area (Å²) in [6, 6.07) is 6.00. The van der Waals surface area contributed by atoms with Crippen LogP contribution in [0.15, 0.2) is 24.4 Å². The minimum absolute atomic E-state index is 0.158. The van der Waals surface area contributed by atoms with Gasteiger partial charge in [-0.2, -0.15) is 0 Å². The van der Waals surface area contributed by atoms with E-state index in [1.807, 2.05) is 25.1 Å². The Balaban J connectivity index is 1.59. The normalized spacial score (nSPS) is 14.9. The lowest BCUT2D eigenvalue weighted by molar-refractivity contribution is -0.119. The Morgan fingerprint density at radius 2 is 2.17 bits per heavy atom. The van der Waals surface area contributed by atoms with Crippen LogP contribution in [0.5, 0.6) is 0 Å². The number of nitrogens with zero attached hydrogens (tertiary/aromatic N) is 1. The second-order valence-electron chi connectivity index (χ2n) is 5.93. The van der Waals surface area contributed by atoms with Crippen molar-refractivity contribution in [1.29, 1.82) is 0 Å². The molecule has 0 unspecified atom stereocenters.